The van der Waals surface area contributed by atoms with E-state index in [9.17, 15) is 18.8 Å². The number of hydrogen-bond donors (Lipinski definition) is 1. The number of halogens is 1. The molecule has 0 bridgehead atoms. The molecule has 0 saturated carbocycles. The topological polar surface area (TPSA) is 76.3 Å². The Morgan fingerprint density at radius 2 is 1.55 bits per heavy atom. The second-order valence-corrected chi connectivity index (χ2v) is 6.69. The molecule has 3 aromatic rings. The number of benzene rings is 2. The summed E-state index contributed by atoms with van der Waals surface area (Å²) in [4.78, 5) is 39.1. The first-order chi connectivity index (χ1) is 13.8. The van der Waals surface area contributed by atoms with Gasteiger partial charge in [0, 0.05) is 27.2 Å². The Balaban J connectivity index is 2.25. The number of aromatic nitrogens is 2. The number of amides is 1. The van der Waals surface area contributed by atoms with Crippen molar-refractivity contribution in [3.63, 3.8) is 0 Å². The number of fused-ring (bicyclic) bond motifs is 1. The highest BCUT2D eigenvalue weighted by Crippen LogP contribution is 2.31. The van der Waals surface area contributed by atoms with Gasteiger partial charge in [0.05, 0.1) is 28.0 Å². The average Bonchev–Trinajstić information content (AvgIpc) is 2.72. The van der Waals surface area contributed by atoms with Gasteiger partial charge in [-0.05, 0) is 38.1 Å². The molecule has 0 saturated heterocycles. The van der Waals surface area contributed by atoms with Crippen LogP contribution < -0.4 is 21.3 Å². The average molecular weight is 398 g/mol. The minimum atomic E-state index is -0.665. The Hall–Kier alpha value is -3.42. The molecule has 0 aliphatic heterocycles. The maximum Gasteiger partial charge on any atom is 0.316 e. The monoisotopic (exact) mass is 398 g/mol. The highest BCUT2D eigenvalue weighted by atomic mass is 19.1. The van der Waals surface area contributed by atoms with Crippen LogP contribution in [-0.2, 0) is 14.1 Å². The van der Waals surface area contributed by atoms with Crippen LogP contribution in [0, 0.1) is 5.82 Å². The van der Waals surface area contributed by atoms with E-state index in [1.807, 2.05) is 18.7 Å². The number of nitrogens with one attached hydrogen (secondary N) is 1. The van der Waals surface area contributed by atoms with Crippen LogP contribution >= 0.6 is 0 Å². The lowest BCUT2D eigenvalue weighted by Crippen LogP contribution is -2.39. The second-order valence-electron chi connectivity index (χ2n) is 6.69. The van der Waals surface area contributed by atoms with E-state index in [4.69, 9.17) is 0 Å². The molecule has 1 N–H and O–H groups in total. The minimum absolute atomic E-state index is 0.0764. The van der Waals surface area contributed by atoms with Crippen molar-refractivity contribution in [1.29, 1.82) is 0 Å². The van der Waals surface area contributed by atoms with E-state index in [1.54, 1.807) is 18.2 Å². The fourth-order valence-electron chi connectivity index (χ4n) is 3.37. The van der Waals surface area contributed by atoms with Gasteiger partial charge >= 0.3 is 11.1 Å². The predicted octanol–water partition coefficient (Wildman–Crippen LogP) is 2.47. The van der Waals surface area contributed by atoms with Gasteiger partial charge in [-0.1, -0.05) is 12.1 Å². The summed E-state index contributed by atoms with van der Waals surface area (Å²) < 4.78 is 16.6. The van der Waals surface area contributed by atoms with Crippen molar-refractivity contribution in [2.45, 2.75) is 13.8 Å². The van der Waals surface area contributed by atoms with Gasteiger partial charge in [0.15, 0.2) is 0 Å². The van der Waals surface area contributed by atoms with E-state index >= 15 is 0 Å². The summed E-state index contributed by atoms with van der Waals surface area (Å²) in [5.74, 6) is -1.21. The van der Waals surface area contributed by atoms with Crippen LogP contribution in [0.5, 0.6) is 0 Å². The third-order valence-corrected chi connectivity index (χ3v) is 5.08. The fourth-order valence-corrected chi connectivity index (χ4v) is 3.37. The Morgan fingerprint density at radius 1 is 1.00 bits per heavy atom. The predicted molar refractivity (Wildman–Crippen MR) is 112 cm³/mol. The molecule has 3 rings (SSSR count). The third-order valence-electron chi connectivity index (χ3n) is 5.08. The molecule has 0 spiro atoms. The maximum atomic E-state index is 14.0. The Kier molecular flexibility index (Phi) is 5.54. The number of hydrogen-bond acceptors (Lipinski definition) is 4. The molecule has 1 heterocycles. The molecule has 0 radical (unpaired) electrons. The van der Waals surface area contributed by atoms with Crippen molar-refractivity contribution in [2.75, 3.05) is 23.3 Å². The summed E-state index contributed by atoms with van der Waals surface area (Å²) in [5.41, 5.74) is 0.784. The van der Waals surface area contributed by atoms with Gasteiger partial charge in [-0.2, -0.15) is 0 Å². The molecule has 1 amide bonds. The fraction of sp³-hybridized carbons (Fsp3) is 0.286. The van der Waals surface area contributed by atoms with Gasteiger partial charge in [-0.3, -0.25) is 14.4 Å². The molecule has 0 atom stereocenters. The Morgan fingerprint density at radius 3 is 2.10 bits per heavy atom. The molecule has 7 nitrogen and oxygen atoms in total. The van der Waals surface area contributed by atoms with Crippen molar-refractivity contribution in [3.05, 3.63) is 68.5 Å². The van der Waals surface area contributed by atoms with Crippen molar-refractivity contribution in [2.24, 2.45) is 14.1 Å². The van der Waals surface area contributed by atoms with E-state index in [0.29, 0.717) is 35.5 Å². The number of aryl methyl sites for hydroxylation is 2. The summed E-state index contributed by atoms with van der Waals surface area (Å²) in [7, 11) is 3.04. The lowest BCUT2D eigenvalue weighted by molar-refractivity contribution is 0.102. The van der Waals surface area contributed by atoms with Crippen molar-refractivity contribution < 1.29 is 9.18 Å². The molecule has 0 aliphatic carbocycles. The second kappa shape index (κ2) is 7.90. The highest BCUT2D eigenvalue weighted by molar-refractivity contribution is 6.07. The van der Waals surface area contributed by atoms with Crippen molar-refractivity contribution >= 4 is 28.3 Å². The standard InChI is InChI=1S/C21H23FN4O3/c1-5-26(6-2)16-12-18-17(24(3)20(28)21(29)25(18)4)11-15(16)23-19(27)13-9-7-8-10-14(13)22/h7-12H,5-6H2,1-4H3,(H,23,27). The maximum absolute atomic E-state index is 14.0. The number of rotatable bonds is 5. The first-order valence-electron chi connectivity index (χ1n) is 9.34. The molecule has 1 aromatic heterocycles. The Labute approximate surface area is 167 Å². The molecule has 2 aromatic carbocycles. The smallest absolute Gasteiger partial charge is 0.316 e. The van der Waals surface area contributed by atoms with Gasteiger partial charge in [-0.15, -0.1) is 0 Å². The van der Waals surface area contributed by atoms with Gasteiger partial charge < -0.3 is 19.4 Å². The third kappa shape index (κ3) is 3.53. The van der Waals surface area contributed by atoms with Crippen molar-refractivity contribution in [1.82, 2.24) is 9.13 Å². The van der Waals surface area contributed by atoms with Crippen LogP contribution in [0.15, 0.2) is 46.0 Å². The van der Waals surface area contributed by atoms with E-state index in [0.717, 1.165) is 0 Å². The lowest BCUT2D eigenvalue weighted by Gasteiger charge is -2.25. The zero-order chi connectivity index (χ0) is 21.3. The lowest BCUT2D eigenvalue weighted by atomic mass is 10.1. The highest BCUT2D eigenvalue weighted by Gasteiger charge is 2.18. The van der Waals surface area contributed by atoms with Crippen LogP contribution in [-0.4, -0.2) is 28.1 Å². The molecule has 8 heteroatoms. The van der Waals surface area contributed by atoms with Crippen LogP contribution in [0.3, 0.4) is 0 Å². The van der Waals surface area contributed by atoms with Gasteiger partial charge in [0.1, 0.15) is 5.82 Å². The first kappa shape index (κ1) is 20.3. The number of carbonyl (C=O) groups excluding carboxylic acids is 1. The Bertz CT molecular complexity index is 1210. The SMILES string of the molecule is CCN(CC)c1cc2c(cc1NC(=O)c1ccccc1F)n(C)c(=O)c(=O)n2C. The summed E-state index contributed by atoms with van der Waals surface area (Å²) in [5, 5.41) is 2.77. The molecular weight excluding hydrogens is 375 g/mol. The summed E-state index contributed by atoms with van der Waals surface area (Å²) >= 11 is 0. The zero-order valence-corrected chi connectivity index (χ0v) is 16.8. The van der Waals surface area contributed by atoms with E-state index in [2.05, 4.69) is 5.32 Å². The largest absolute Gasteiger partial charge is 0.370 e. The summed E-state index contributed by atoms with van der Waals surface area (Å²) in [6.07, 6.45) is 0. The van der Waals surface area contributed by atoms with Crippen LogP contribution in [0.2, 0.25) is 0 Å². The van der Waals surface area contributed by atoms with Gasteiger partial charge in [0.25, 0.3) is 5.91 Å². The number of nitrogens with zero attached hydrogens (tertiary/aromatic N) is 3. The quantitative estimate of drug-likeness (QED) is 0.670. The van der Waals surface area contributed by atoms with Gasteiger partial charge in [0.2, 0.25) is 0 Å². The van der Waals surface area contributed by atoms with E-state index in [1.165, 1.54) is 41.4 Å². The number of anilines is 2. The van der Waals surface area contributed by atoms with Crippen molar-refractivity contribution in [3.8, 4) is 0 Å². The molecule has 0 aliphatic rings. The van der Waals surface area contributed by atoms with Crippen LogP contribution in [0.1, 0.15) is 24.2 Å². The minimum Gasteiger partial charge on any atom is -0.370 e. The van der Waals surface area contributed by atoms with E-state index in [-0.39, 0.29) is 5.56 Å². The first-order valence-corrected chi connectivity index (χ1v) is 9.34. The molecule has 0 fully saturated rings. The molecular formula is C21H23FN4O3. The van der Waals surface area contributed by atoms with Crippen LogP contribution in [0.4, 0.5) is 15.8 Å². The summed E-state index contributed by atoms with van der Waals surface area (Å²) in [6, 6.07) is 9.13. The summed E-state index contributed by atoms with van der Waals surface area (Å²) in [6.45, 7) is 5.25. The molecule has 29 heavy (non-hydrogen) atoms. The number of carbonyl (C=O) groups is 1. The van der Waals surface area contributed by atoms with Crippen LogP contribution in [0.25, 0.3) is 11.0 Å². The molecule has 0 unspecified atom stereocenters. The normalized spacial score (nSPS) is 10.9. The zero-order valence-electron chi connectivity index (χ0n) is 16.8. The van der Waals surface area contributed by atoms with Gasteiger partial charge in [-0.25, -0.2) is 4.39 Å². The van der Waals surface area contributed by atoms with E-state index < -0.39 is 22.8 Å². The molecule has 152 valence electrons.